The number of carbonyl (C=O) groups is 1. The van der Waals surface area contributed by atoms with Crippen LogP contribution in [0.25, 0.3) is 0 Å². The molecule has 1 heterocycles. The van der Waals surface area contributed by atoms with Crippen LogP contribution < -0.4 is 5.73 Å². The number of carbonyl (C=O) groups excluding carboxylic acids is 1. The molecule has 1 aliphatic carbocycles. The van der Waals surface area contributed by atoms with Crippen LogP contribution in [-0.2, 0) is 0 Å². The number of nitrogens with zero attached hydrogens (tertiary/aromatic N) is 1. The third-order valence-electron chi connectivity index (χ3n) is 3.68. The molecular weight excluding hydrogens is 312 g/mol. The minimum atomic E-state index is 0.134. The zero-order valence-corrected chi connectivity index (χ0v) is 13.2. The van der Waals surface area contributed by atoms with Crippen molar-refractivity contribution in [3.05, 3.63) is 20.3 Å². The number of amides is 1. The Labute approximate surface area is 120 Å². The van der Waals surface area contributed by atoms with Gasteiger partial charge in [-0.3, -0.25) is 4.79 Å². The molecular formula is C13H19BrN2OS. The van der Waals surface area contributed by atoms with Crippen LogP contribution in [0.15, 0.2) is 9.85 Å². The SMILES string of the molecule is Cc1cc(C(=O)N(C)C2CCC(N)CC2)sc1Br. The fraction of sp³-hybridized carbons (Fsp3) is 0.615. The van der Waals surface area contributed by atoms with Crippen molar-refractivity contribution in [3.63, 3.8) is 0 Å². The molecule has 1 aromatic heterocycles. The van der Waals surface area contributed by atoms with E-state index in [4.69, 9.17) is 5.73 Å². The molecule has 1 aliphatic rings. The molecule has 2 N–H and O–H groups in total. The van der Waals surface area contributed by atoms with Gasteiger partial charge in [0.25, 0.3) is 5.91 Å². The first-order valence-electron chi connectivity index (χ1n) is 6.27. The van der Waals surface area contributed by atoms with E-state index in [1.165, 1.54) is 11.3 Å². The summed E-state index contributed by atoms with van der Waals surface area (Å²) in [4.78, 5) is 15.1. The van der Waals surface area contributed by atoms with Crippen LogP contribution in [0.1, 0.15) is 40.9 Å². The van der Waals surface area contributed by atoms with Crippen LogP contribution in [0.5, 0.6) is 0 Å². The summed E-state index contributed by atoms with van der Waals surface area (Å²) >= 11 is 4.98. The van der Waals surface area contributed by atoms with Crippen LogP contribution >= 0.6 is 27.3 Å². The molecule has 5 heteroatoms. The first-order chi connectivity index (χ1) is 8.49. The van der Waals surface area contributed by atoms with Crippen molar-refractivity contribution in [1.29, 1.82) is 0 Å². The van der Waals surface area contributed by atoms with E-state index in [0.29, 0.717) is 12.1 Å². The molecule has 0 saturated heterocycles. The van der Waals surface area contributed by atoms with Gasteiger partial charge in [0, 0.05) is 19.1 Å². The first-order valence-corrected chi connectivity index (χ1v) is 7.88. The predicted octanol–water partition coefficient (Wildman–Crippen LogP) is 3.16. The van der Waals surface area contributed by atoms with Crippen molar-refractivity contribution >= 4 is 33.2 Å². The van der Waals surface area contributed by atoms with Crippen molar-refractivity contribution in [1.82, 2.24) is 4.90 Å². The van der Waals surface area contributed by atoms with Gasteiger partial charge in [0.1, 0.15) is 0 Å². The van der Waals surface area contributed by atoms with Gasteiger partial charge in [-0.05, 0) is 60.2 Å². The van der Waals surface area contributed by atoms with E-state index in [1.54, 1.807) is 0 Å². The van der Waals surface area contributed by atoms with Crippen molar-refractivity contribution < 1.29 is 4.79 Å². The lowest BCUT2D eigenvalue weighted by atomic mass is 9.91. The number of hydrogen-bond donors (Lipinski definition) is 1. The van der Waals surface area contributed by atoms with E-state index in [1.807, 2.05) is 24.9 Å². The average Bonchev–Trinajstić information content (AvgIpc) is 2.69. The quantitative estimate of drug-likeness (QED) is 0.905. The van der Waals surface area contributed by atoms with Gasteiger partial charge in [0.05, 0.1) is 8.66 Å². The second kappa shape index (κ2) is 5.72. The zero-order valence-electron chi connectivity index (χ0n) is 10.8. The van der Waals surface area contributed by atoms with Gasteiger partial charge >= 0.3 is 0 Å². The number of nitrogens with two attached hydrogens (primary N) is 1. The van der Waals surface area contributed by atoms with Gasteiger partial charge < -0.3 is 10.6 Å². The van der Waals surface area contributed by atoms with Gasteiger partial charge in [-0.1, -0.05) is 0 Å². The highest BCUT2D eigenvalue weighted by molar-refractivity contribution is 9.11. The molecule has 0 bridgehead atoms. The summed E-state index contributed by atoms with van der Waals surface area (Å²) < 4.78 is 1.05. The molecule has 2 rings (SSSR count). The number of thiophene rings is 1. The monoisotopic (exact) mass is 330 g/mol. The van der Waals surface area contributed by atoms with Gasteiger partial charge in [0.15, 0.2) is 0 Å². The lowest BCUT2D eigenvalue weighted by molar-refractivity contribution is 0.0695. The molecule has 3 nitrogen and oxygen atoms in total. The van der Waals surface area contributed by atoms with Gasteiger partial charge in [-0.2, -0.15) is 0 Å². The molecule has 0 aromatic carbocycles. The standard InChI is InChI=1S/C13H19BrN2OS/c1-8-7-11(18-12(8)14)13(17)16(2)10-5-3-9(15)4-6-10/h7,9-10H,3-6,15H2,1-2H3. The third kappa shape index (κ3) is 2.95. The molecule has 1 saturated carbocycles. The highest BCUT2D eigenvalue weighted by atomic mass is 79.9. The highest BCUT2D eigenvalue weighted by Gasteiger charge is 2.26. The summed E-state index contributed by atoms with van der Waals surface area (Å²) in [6, 6.07) is 2.63. The molecule has 1 fully saturated rings. The van der Waals surface area contributed by atoms with E-state index in [2.05, 4.69) is 15.9 Å². The highest BCUT2D eigenvalue weighted by Crippen LogP contribution is 2.29. The molecule has 0 aliphatic heterocycles. The Morgan fingerprint density at radius 1 is 1.44 bits per heavy atom. The molecule has 1 amide bonds. The maximum absolute atomic E-state index is 12.4. The lowest BCUT2D eigenvalue weighted by Crippen LogP contribution is -2.41. The van der Waals surface area contributed by atoms with Crippen molar-refractivity contribution in [2.75, 3.05) is 7.05 Å². The molecule has 0 atom stereocenters. The maximum Gasteiger partial charge on any atom is 0.263 e. The number of halogens is 1. The number of rotatable bonds is 2. The summed E-state index contributed by atoms with van der Waals surface area (Å²) in [5, 5.41) is 0. The Bertz CT molecular complexity index is 419. The Morgan fingerprint density at radius 2 is 2.06 bits per heavy atom. The maximum atomic E-state index is 12.4. The van der Waals surface area contributed by atoms with Crippen molar-refractivity contribution in [2.24, 2.45) is 5.73 Å². The second-order valence-corrected chi connectivity index (χ2v) is 7.42. The summed E-state index contributed by atoms with van der Waals surface area (Å²) in [5.74, 6) is 0.134. The largest absolute Gasteiger partial charge is 0.338 e. The van der Waals surface area contributed by atoms with Crippen LogP contribution in [0.2, 0.25) is 0 Å². The smallest absolute Gasteiger partial charge is 0.263 e. The fourth-order valence-corrected chi connectivity index (χ4v) is 3.91. The van der Waals surface area contributed by atoms with Crippen LogP contribution in [0, 0.1) is 6.92 Å². The Kier molecular flexibility index (Phi) is 4.45. The minimum absolute atomic E-state index is 0.134. The van der Waals surface area contributed by atoms with Gasteiger partial charge in [-0.25, -0.2) is 0 Å². The van der Waals surface area contributed by atoms with E-state index in [9.17, 15) is 4.79 Å². The predicted molar refractivity (Wildman–Crippen MR) is 79.1 cm³/mol. The molecule has 100 valence electrons. The van der Waals surface area contributed by atoms with E-state index >= 15 is 0 Å². The van der Waals surface area contributed by atoms with Gasteiger partial charge in [0.2, 0.25) is 0 Å². The average molecular weight is 331 g/mol. The summed E-state index contributed by atoms with van der Waals surface area (Å²) in [6.07, 6.45) is 4.09. The fourth-order valence-electron chi connectivity index (χ4n) is 2.39. The Balaban J connectivity index is 2.04. The number of hydrogen-bond acceptors (Lipinski definition) is 3. The third-order valence-corrected chi connectivity index (χ3v) is 5.80. The van der Waals surface area contributed by atoms with E-state index in [-0.39, 0.29) is 5.91 Å². The second-order valence-electron chi connectivity index (χ2n) is 5.05. The number of aryl methyl sites for hydroxylation is 1. The Morgan fingerprint density at radius 3 is 2.56 bits per heavy atom. The normalized spacial score (nSPS) is 24.0. The minimum Gasteiger partial charge on any atom is -0.338 e. The van der Waals surface area contributed by atoms with Crippen LogP contribution in [-0.4, -0.2) is 29.9 Å². The van der Waals surface area contributed by atoms with E-state index < -0.39 is 0 Å². The van der Waals surface area contributed by atoms with Crippen LogP contribution in [0.4, 0.5) is 0 Å². The zero-order chi connectivity index (χ0) is 13.3. The lowest BCUT2D eigenvalue weighted by Gasteiger charge is -2.33. The molecule has 0 radical (unpaired) electrons. The van der Waals surface area contributed by atoms with E-state index in [0.717, 1.165) is 39.9 Å². The molecule has 18 heavy (non-hydrogen) atoms. The molecule has 1 aromatic rings. The molecule has 0 spiro atoms. The molecule has 0 unspecified atom stereocenters. The summed E-state index contributed by atoms with van der Waals surface area (Å²) in [6.45, 7) is 2.01. The topological polar surface area (TPSA) is 46.3 Å². The Hall–Kier alpha value is -0.390. The van der Waals surface area contributed by atoms with Crippen molar-refractivity contribution in [3.8, 4) is 0 Å². The van der Waals surface area contributed by atoms with Gasteiger partial charge in [-0.15, -0.1) is 11.3 Å². The summed E-state index contributed by atoms with van der Waals surface area (Å²) in [7, 11) is 1.91. The first kappa shape index (κ1) is 14.0. The summed E-state index contributed by atoms with van der Waals surface area (Å²) in [5.41, 5.74) is 7.03. The van der Waals surface area contributed by atoms with Crippen LogP contribution in [0.3, 0.4) is 0 Å². The van der Waals surface area contributed by atoms with Crippen molar-refractivity contribution in [2.45, 2.75) is 44.7 Å².